The molecule has 2 N–H and O–H groups in total. The number of aromatic nitrogens is 2. The maximum atomic E-state index is 4.27. The Kier molecular flexibility index (Phi) is 3.50. The molecule has 1 aliphatic carbocycles. The molecule has 1 heterocycles. The molecule has 4 heteroatoms. The molecule has 0 amide bonds. The van der Waals surface area contributed by atoms with E-state index in [0.717, 1.165) is 11.6 Å². The van der Waals surface area contributed by atoms with Gasteiger partial charge in [-0.3, -0.25) is 0 Å². The molecule has 0 radical (unpaired) electrons. The molecule has 0 atom stereocenters. The third-order valence-corrected chi connectivity index (χ3v) is 2.88. The van der Waals surface area contributed by atoms with Crippen LogP contribution in [0.2, 0.25) is 0 Å². The molecule has 1 aliphatic rings. The molecule has 17 heavy (non-hydrogen) atoms. The maximum absolute atomic E-state index is 4.27. The van der Waals surface area contributed by atoms with Crippen LogP contribution in [0.4, 0.5) is 11.6 Å². The summed E-state index contributed by atoms with van der Waals surface area (Å²) in [5.41, 5.74) is 0.0268. The molecule has 4 nitrogen and oxygen atoms in total. The summed E-state index contributed by atoms with van der Waals surface area (Å²) in [6, 6.07) is 2.58. The van der Waals surface area contributed by atoms with Gasteiger partial charge in [-0.15, -0.1) is 0 Å². The molecule has 2 rings (SSSR count). The second-order valence-corrected chi connectivity index (χ2v) is 5.79. The Hall–Kier alpha value is -1.32. The number of hydrogen-bond donors (Lipinski definition) is 2. The van der Waals surface area contributed by atoms with Gasteiger partial charge in [0.05, 0.1) is 0 Å². The van der Waals surface area contributed by atoms with Gasteiger partial charge in [-0.2, -0.15) is 0 Å². The van der Waals surface area contributed by atoms with E-state index in [1.54, 1.807) is 6.33 Å². The lowest BCUT2D eigenvalue weighted by molar-refractivity contribution is 0.630. The van der Waals surface area contributed by atoms with Crippen LogP contribution < -0.4 is 10.6 Å². The predicted molar refractivity (Wildman–Crippen MR) is 71.3 cm³/mol. The zero-order chi connectivity index (χ0) is 12.3. The van der Waals surface area contributed by atoms with Crippen LogP contribution in [0.15, 0.2) is 12.4 Å². The molecule has 0 aromatic carbocycles. The molecular weight excluding hydrogens is 212 g/mol. The van der Waals surface area contributed by atoms with Crippen molar-refractivity contribution >= 4 is 11.6 Å². The maximum Gasteiger partial charge on any atom is 0.131 e. The molecular formula is C13H22N4. The van der Waals surface area contributed by atoms with Crippen molar-refractivity contribution in [2.75, 3.05) is 10.6 Å². The van der Waals surface area contributed by atoms with Gasteiger partial charge in [-0.1, -0.05) is 12.8 Å². The zero-order valence-corrected chi connectivity index (χ0v) is 11.0. The van der Waals surface area contributed by atoms with Gasteiger partial charge < -0.3 is 10.6 Å². The number of rotatable bonds is 3. The summed E-state index contributed by atoms with van der Waals surface area (Å²) < 4.78 is 0. The Labute approximate surface area is 103 Å². The first-order chi connectivity index (χ1) is 8.03. The highest BCUT2D eigenvalue weighted by Crippen LogP contribution is 2.22. The lowest BCUT2D eigenvalue weighted by Crippen LogP contribution is -2.27. The molecule has 0 spiro atoms. The fourth-order valence-corrected chi connectivity index (χ4v) is 2.17. The van der Waals surface area contributed by atoms with Gasteiger partial charge in [0.15, 0.2) is 0 Å². The molecule has 1 saturated carbocycles. The fraction of sp³-hybridized carbons (Fsp3) is 0.692. The second kappa shape index (κ2) is 4.90. The van der Waals surface area contributed by atoms with E-state index < -0.39 is 0 Å². The van der Waals surface area contributed by atoms with Crippen LogP contribution in [0.3, 0.4) is 0 Å². The van der Waals surface area contributed by atoms with Gasteiger partial charge in [-0.05, 0) is 33.6 Å². The third-order valence-electron chi connectivity index (χ3n) is 2.88. The number of nitrogens with one attached hydrogen (secondary N) is 2. The van der Waals surface area contributed by atoms with Gasteiger partial charge in [0.2, 0.25) is 0 Å². The SMILES string of the molecule is CC(C)(C)Nc1cc(NC2CCCC2)ncn1. The number of nitrogens with zero attached hydrogens (tertiary/aromatic N) is 2. The van der Waals surface area contributed by atoms with Crippen molar-refractivity contribution in [1.82, 2.24) is 9.97 Å². The van der Waals surface area contributed by atoms with Gasteiger partial charge in [0, 0.05) is 17.6 Å². The second-order valence-electron chi connectivity index (χ2n) is 5.79. The van der Waals surface area contributed by atoms with Crippen LogP contribution >= 0.6 is 0 Å². The van der Waals surface area contributed by atoms with E-state index in [1.807, 2.05) is 6.07 Å². The summed E-state index contributed by atoms with van der Waals surface area (Å²) in [5, 5.41) is 6.83. The predicted octanol–water partition coefficient (Wildman–Crippen LogP) is 3.04. The van der Waals surface area contributed by atoms with Gasteiger partial charge >= 0.3 is 0 Å². The Bertz CT molecular complexity index is 364. The minimum Gasteiger partial charge on any atom is -0.367 e. The summed E-state index contributed by atoms with van der Waals surface area (Å²) >= 11 is 0. The summed E-state index contributed by atoms with van der Waals surface area (Å²) in [4.78, 5) is 8.51. The van der Waals surface area contributed by atoms with Crippen LogP contribution in [0.1, 0.15) is 46.5 Å². The number of anilines is 2. The smallest absolute Gasteiger partial charge is 0.131 e. The minimum atomic E-state index is 0.0268. The standard InChI is InChI=1S/C13H22N4/c1-13(2,3)17-12-8-11(14-9-15-12)16-10-6-4-5-7-10/h8-10H,4-7H2,1-3H3,(H2,14,15,16,17). The van der Waals surface area contributed by atoms with E-state index in [0.29, 0.717) is 6.04 Å². The summed E-state index contributed by atoms with van der Waals surface area (Å²) in [6.07, 6.45) is 6.79. The van der Waals surface area contributed by atoms with Gasteiger partial charge in [0.1, 0.15) is 18.0 Å². The first kappa shape index (κ1) is 12.1. The van der Waals surface area contributed by atoms with Crippen LogP contribution in [0.5, 0.6) is 0 Å². The quantitative estimate of drug-likeness (QED) is 0.844. The van der Waals surface area contributed by atoms with E-state index in [9.17, 15) is 0 Å². The van der Waals surface area contributed by atoms with Crippen molar-refractivity contribution in [3.05, 3.63) is 12.4 Å². The average molecular weight is 234 g/mol. The topological polar surface area (TPSA) is 49.8 Å². The van der Waals surface area contributed by atoms with Crippen LogP contribution in [-0.4, -0.2) is 21.5 Å². The lowest BCUT2D eigenvalue weighted by Gasteiger charge is -2.21. The van der Waals surface area contributed by atoms with Crippen LogP contribution in [-0.2, 0) is 0 Å². The third kappa shape index (κ3) is 3.88. The van der Waals surface area contributed by atoms with Gasteiger partial charge in [-0.25, -0.2) is 9.97 Å². The molecule has 1 aromatic rings. The Morgan fingerprint density at radius 2 is 1.76 bits per heavy atom. The van der Waals surface area contributed by atoms with Gasteiger partial charge in [0.25, 0.3) is 0 Å². The molecule has 0 aliphatic heterocycles. The largest absolute Gasteiger partial charge is 0.367 e. The van der Waals surface area contributed by atoms with Crippen molar-refractivity contribution in [2.24, 2.45) is 0 Å². The normalized spacial score (nSPS) is 17.1. The van der Waals surface area contributed by atoms with Crippen molar-refractivity contribution < 1.29 is 0 Å². The highest BCUT2D eigenvalue weighted by atomic mass is 15.1. The minimum absolute atomic E-state index is 0.0268. The fourth-order valence-electron chi connectivity index (χ4n) is 2.17. The molecule has 1 aromatic heterocycles. The first-order valence-electron chi connectivity index (χ1n) is 6.40. The van der Waals surface area contributed by atoms with E-state index >= 15 is 0 Å². The molecule has 0 saturated heterocycles. The number of hydrogen-bond acceptors (Lipinski definition) is 4. The van der Waals surface area contributed by atoms with Crippen molar-refractivity contribution in [3.63, 3.8) is 0 Å². The van der Waals surface area contributed by atoms with Crippen molar-refractivity contribution in [1.29, 1.82) is 0 Å². The highest BCUT2D eigenvalue weighted by molar-refractivity contribution is 5.48. The lowest BCUT2D eigenvalue weighted by atomic mass is 10.1. The zero-order valence-electron chi connectivity index (χ0n) is 11.0. The van der Waals surface area contributed by atoms with Crippen LogP contribution in [0.25, 0.3) is 0 Å². The highest BCUT2D eigenvalue weighted by Gasteiger charge is 2.16. The molecule has 1 fully saturated rings. The Morgan fingerprint density at radius 3 is 2.41 bits per heavy atom. The van der Waals surface area contributed by atoms with E-state index in [-0.39, 0.29) is 5.54 Å². The van der Waals surface area contributed by atoms with Crippen LogP contribution in [0, 0.1) is 0 Å². The molecule has 0 bridgehead atoms. The van der Waals surface area contributed by atoms with E-state index in [1.165, 1.54) is 25.7 Å². The van der Waals surface area contributed by atoms with E-state index in [2.05, 4.69) is 41.4 Å². The summed E-state index contributed by atoms with van der Waals surface area (Å²) in [7, 11) is 0. The van der Waals surface area contributed by atoms with E-state index in [4.69, 9.17) is 0 Å². The average Bonchev–Trinajstić information content (AvgIpc) is 2.68. The first-order valence-corrected chi connectivity index (χ1v) is 6.40. The molecule has 94 valence electrons. The Morgan fingerprint density at radius 1 is 1.12 bits per heavy atom. The van der Waals surface area contributed by atoms with Crippen molar-refractivity contribution in [2.45, 2.75) is 58.0 Å². The Balaban J connectivity index is 2.00. The summed E-state index contributed by atoms with van der Waals surface area (Å²) in [5.74, 6) is 1.81. The van der Waals surface area contributed by atoms with Crippen molar-refractivity contribution in [3.8, 4) is 0 Å². The monoisotopic (exact) mass is 234 g/mol. The summed E-state index contributed by atoms with van der Waals surface area (Å²) in [6.45, 7) is 6.37. The molecule has 0 unspecified atom stereocenters.